The first-order valence-electron chi connectivity index (χ1n) is 7.73. The van der Waals surface area contributed by atoms with Crippen molar-refractivity contribution in [3.05, 3.63) is 53.3 Å². The molecule has 0 unspecified atom stereocenters. The molecule has 0 fully saturated rings. The molecule has 0 saturated carbocycles. The zero-order chi connectivity index (χ0) is 18.5. The highest BCUT2D eigenvalue weighted by atomic mass is 79.9. The molecule has 2 aromatic carbocycles. The van der Waals surface area contributed by atoms with Gasteiger partial charge in [0.25, 0.3) is 0 Å². The second-order valence-corrected chi connectivity index (χ2v) is 6.13. The van der Waals surface area contributed by atoms with Crippen LogP contribution in [0.3, 0.4) is 0 Å². The molecule has 8 heteroatoms. The minimum atomic E-state index is 0.383. The van der Waals surface area contributed by atoms with Crippen LogP contribution in [0.25, 0.3) is 0 Å². The van der Waals surface area contributed by atoms with E-state index in [1.807, 2.05) is 30.3 Å². The van der Waals surface area contributed by atoms with Crippen molar-refractivity contribution < 1.29 is 9.47 Å². The van der Waals surface area contributed by atoms with Crippen molar-refractivity contribution in [3.63, 3.8) is 0 Å². The molecule has 3 aromatic rings. The van der Waals surface area contributed by atoms with Gasteiger partial charge in [-0.3, -0.25) is 0 Å². The molecule has 0 bridgehead atoms. The smallest absolute Gasteiger partial charge is 0.159 e. The Bertz CT molecular complexity index is 920. The van der Waals surface area contributed by atoms with Gasteiger partial charge in [-0.25, -0.2) is 9.97 Å². The van der Waals surface area contributed by atoms with Crippen molar-refractivity contribution in [1.82, 2.24) is 9.97 Å². The molecule has 1 aromatic heterocycles. The van der Waals surface area contributed by atoms with Gasteiger partial charge in [-0.15, -0.1) is 0 Å². The normalized spacial score (nSPS) is 10.3. The molecule has 7 nitrogen and oxygen atoms in total. The van der Waals surface area contributed by atoms with Crippen LogP contribution in [0.15, 0.2) is 53.3 Å². The van der Waals surface area contributed by atoms with Crippen LogP contribution in [0, 0.1) is 0 Å². The van der Waals surface area contributed by atoms with E-state index in [0.717, 1.165) is 10.2 Å². The molecule has 0 aliphatic rings. The molecule has 1 heterocycles. The lowest BCUT2D eigenvalue weighted by atomic mass is 10.2. The zero-order valence-electron chi connectivity index (χ0n) is 14.3. The lowest BCUT2D eigenvalue weighted by molar-refractivity contribution is 0.405. The second kappa shape index (κ2) is 7.92. The number of benzene rings is 2. The number of anilines is 5. The Labute approximate surface area is 159 Å². The van der Waals surface area contributed by atoms with Crippen LogP contribution in [-0.4, -0.2) is 24.2 Å². The fraction of sp³-hybridized carbons (Fsp3) is 0.111. The van der Waals surface area contributed by atoms with Gasteiger partial charge >= 0.3 is 0 Å². The standard InChI is InChI=1S/C18H18BrN5O2/c1-25-11-7-8-15(26-2)14(9-11)24-18-16(20)17(21-10-22-18)23-13-6-4-3-5-12(13)19/h3-10H,20H2,1-2H3,(H2,21,22,23,24). The summed E-state index contributed by atoms with van der Waals surface area (Å²) in [4.78, 5) is 8.46. The van der Waals surface area contributed by atoms with Gasteiger partial charge in [-0.1, -0.05) is 12.1 Å². The van der Waals surface area contributed by atoms with Crippen molar-refractivity contribution in [3.8, 4) is 11.5 Å². The maximum absolute atomic E-state index is 6.25. The van der Waals surface area contributed by atoms with Crippen LogP contribution in [0.4, 0.5) is 28.7 Å². The van der Waals surface area contributed by atoms with Crippen molar-refractivity contribution >= 4 is 44.6 Å². The number of rotatable bonds is 6. The number of nitrogens with two attached hydrogens (primary N) is 1. The lowest BCUT2D eigenvalue weighted by Crippen LogP contribution is -2.06. The predicted molar refractivity (Wildman–Crippen MR) is 107 cm³/mol. The molecule has 0 saturated heterocycles. The monoisotopic (exact) mass is 415 g/mol. The number of hydrogen-bond donors (Lipinski definition) is 3. The summed E-state index contributed by atoms with van der Waals surface area (Å²) in [5.41, 5.74) is 8.17. The number of nitrogen functional groups attached to an aromatic ring is 1. The number of nitrogens with one attached hydrogen (secondary N) is 2. The first kappa shape index (κ1) is 17.8. The minimum absolute atomic E-state index is 0.383. The quantitative estimate of drug-likeness (QED) is 0.551. The maximum atomic E-state index is 6.25. The third-order valence-corrected chi connectivity index (χ3v) is 4.36. The number of halogens is 1. The Kier molecular flexibility index (Phi) is 5.43. The number of nitrogens with zero attached hydrogens (tertiary/aromatic N) is 2. The molecular formula is C18H18BrN5O2. The topological polar surface area (TPSA) is 94.3 Å². The number of aromatic nitrogens is 2. The number of ether oxygens (including phenoxy) is 2. The third kappa shape index (κ3) is 3.80. The van der Waals surface area contributed by atoms with Crippen molar-refractivity contribution in [2.24, 2.45) is 0 Å². The van der Waals surface area contributed by atoms with Gasteiger partial charge in [0.05, 0.1) is 25.6 Å². The Morgan fingerprint density at radius 1 is 0.923 bits per heavy atom. The molecule has 0 spiro atoms. The van der Waals surface area contributed by atoms with Crippen LogP contribution in [0.5, 0.6) is 11.5 Å². The zero-order valence-corrected chi connectivity index (χ0v) is 15.9. The van der Waals surface area contributed by atoms with Crippen molar-refractivity contribution in [2.45, 2.75) is 0 Å². The fourth-order valence-electron chi connectivity index (χ4n) is 2.32. The van der Waals surface area contributed by atoms with Crippen molar-refractivity contribution in [1.29, 1.82) is 0 Å². The summed E-state index contributed by atoms with van der Waals surface area (Å²) in [6, 6.07) is 13.1. The number of hydrogen-bond acceptors (Lipinski definition) is 7. The average Bonchev–Trinajstić information content (AvgIpc) is 2.66. The lowest BCUT2D eigenvalue weighted by Gasteiger charge is -2.15. The van der Waals surface area contributed by atoms with Crippen LogP contribution >= 0.6 is 15.9 Å². The number of methoxy groups -OCH3 is 2. The highest BCUT2D eigenvalue weighted by Gasteiger charge is 2.12. The van der Waals surface area contributed by atoms with Gasteiger partial charge in [0, 0.05) is 10.5 Å². The molecule has 0 radical (unpaired) electrons. The van der Waals surface area contributed by atoms with E-state index >= 15 is 0 Å². The minimum Gasteiger partial charge on any atom is -0.497 e. The fourth-order valence-corrected chi connectivity index (χ4v) is 2.71. The molecule has 134 valence electrons. The highest BCUT2D eigenvalue weighted by Crippen LogP contribution is 2.35. The van der Waals surface area contributed by atoms with Crippen LogP contribution in [-0.2, 0) is 0 Å². The van der Waals surface area contributed by atoms with E-state index in [1.54, 1.807) is 26.4 Å². The SMILES string of the molecule is COc1ccc(OC)c(Nc2ncnc(Nc3ccccc3Br)c2N)c1. The van der Waals surface area contributed by atoms with E-state index < -0.39 is 0 Å². The summed E-state index contributed by atoms with van der Waals surface area (Å²) in [5, 5.41) is 6.37. The first-order valence-corrected chi connectivity index (χ1v) is 8.52. The van der Waals surface area contributed by atoms with Crippen LogP contribution in [0.1, 0.15) is 0 Å². The van der Waals surface area contributed by atoms with E-state index in [1.165, 1.54) is 6.33 Å². The largest absolute Gasteiger partial charge is 0.497 e. The summed E-state index contributed by atoms with van der Waals surface area (Å²) in [6.07, 6.45) is 1.44. The van der Waals surface area contributed by atoms with E-state index in [4.69, 9.17) is 15.2 Å². The van der Waals surface area contributed by atoms with Gasteiger partial charge in [-0.2, -0.15) is 0 Å². The summed E-state index contributed by atoms with van der Waals surface area (Å²) >= 11 is 3.49. The first-order chi connectivity index (χ1) is 12.6. The van der Waals surface area contributed by atoms with Gasteiger partial charge in [-0.05, 0) is 40.2 Å². The summed E-state index contributed by atoms with van der Waals surface area (Å²) in [6.45, 7) is 0. The third-order valence-electron chi connectivity index (χ3n) is 3.67. The molecular weight excluding hydrogens is 398 g/mol. The summed E-state index contributed by atoms with van der Waals surface area (Å²) in [5.74, 6) is 2.29. The molecule has 4 N–H and O–H groups in total. The predicted octanol–water partition coefficient (Wildman–Crippen LogP) is 4.33. The molecule has 0 amide bonds. The highest BCUT2D eigenvalue weighted by molar-refractivity contribution is 9.10. The molecule has 0 aliphatic carbocycles. The van der Waals surface area contributed by atoms with E-state index in [0.29, 0.717) is 34.5 Å². The average molecular weight is 416 g/mol. The van der Waals surface area contributed by atoms with Gasteiger partial charge < -0.3 is 25.8 Å². The summed E-state index contributed by atoms with van der Waals surface area (Å²) in [7, 11) is 3.20. The van der Waals surface area contributed by atoms with Gasteiger partial charge in [0.2, 0.25) is 0 Å². The van der Waals surface area contributed by atoms with Crippen LogP contribution < -0.4 is 25.8 Å². The van der Waals surface area contributed by atoms with Gasteiger partial charge in [0.15, 0.2) is 11.6 Å². The van der Waals surface area contributed by atoms with E-state index in [9.17, 15) is 0 Å². The Balaban J connectivity index is 1.92. The Morgan fingerprint density at radius 3 is 2.27 bits per heavy atom. The summed E-state index contributed by atoms with van der Waals surface area (Å²) < 4.78 is 11.5. The molecule has 0 aliphatic heterocycles. The van der Waals surface area contributed by atoms with Gasteiger partial charge in [0.1, 0.15) is 23.5 Å². The van der Waals surface area contributed by atoms with E-state index in [2.05, 4.69) is 36.5 Å². The van der Waals surface area contributed by atoms with E-state index in [-0.39, 0.29) is 0 Å². The second-order valence-electron chi connectivity index (χ2n) is 5.28. The maximum Gasteiger partial charge on any atom is 0.159 e. The molecule has 26 heavy (non-hydrogen) atoms. The Hall–Kier alpha value is -3.00. The van der Waals surface area contributed by atoms with Crippen LogP contribution in [0.2, 0.25) is 0 Å². The van der Waals surface area contributed by atoms with Crippen molar-refractivity contribution in [2.75, 3.05) is 30.6 Å². The number of para-hydroxylation sites is 1. The Morgan fingerprint density at radius 2 is 1.62 bits per heavy atom. The molecule has 3 rings (SSSR count). The molecule has 0 atom stereocenters.